The second-order valence-corrected chi connectivity index (χ2v) is 7.04. The Balaban J connectivity index is 1.82. The highest BCUT2D eigenvalue weighted by Crippen LogP contribution is 2.40. The number of hydrogen-bond acceptors (Lipinski definition) is 4. The molecular weight excluding hydrogens is 363 g/mol. The van der Waals surface area contributed by atoms with Crippen LogP contribution in [-0.4, -0.2) is 22.4 Å². The van der Waals surface area contributed by atoms with Gasteiger partial charge >= 0.3 is 6.18 Å². The minimum absolute atomic E-state index is 0.287. The van der Waals surface area contributed by atoms with E-state index in [1.807, 2.05) is 13.8 Å². The molecule has 4 rings (SSSR count). The van der Waals surface area contributed by atoms with Gasteiger partial charge in [0.25, 0.3) is 11.5 Å². The topological polar surface area (TPSA) is 79.2 Å². The Hall–Kier alpha value is -3.10. The zero-order valence-corrected chi connectivity index (χ0v) is 14.3. The number of alkyl halides is 3. The number of carbonyl (C=O) groups excluding carboxylic acids is 1. The predicted molar refractivity (Wildman–Crippen MR) is 90.8 cm³/mol. The molecule has 1 amide bonds. The van der Waals surface area contributed by atoms with Gasteiger partial charge in [-0.1, -0.05) is 13.8 Å². The number of rotatable bonds is 1. The molecule has 27 heavy (non-hydrogen) atoms. The maximum absolute atomic E-state index is 13.2. The number of hydrogen-bond donors (Lipinski definition) is 1. The van der Waals surface area contributed by atoms with Gasteiger partial charge < -0.3 is 9.32 Å². The molecule has 3 aromatic rings. The third-order valence-electron chi connectivity index (χ3n) is 4.57. The molecule has 0 aliphatic carbocycles. The molecule has 1 aliphatic heterocycles. The van der Waals surface area contributed by atoms with Crippen LogP contribution in [0.15, 0.2) is 39.7 Å². The number of amides is 1. The minimum atomic E-state index is -4.75. The van der Waals surface area contributed by atoms with Crippen LogP contribution < -0.4 is 10.5 Å². The Morgan fingerprint density at radius 1 is 1.33 bits per heavy atom. The highest BCUT2D eigenvalue weighted by molar-refractivity contribution is 6.07. The van der Waals surface area contributed by atoms with Crippen LogP contribution in [0.1, 0.15) is 35.7 Å². The van der Waals surface area contributed by atoms with Crippen molar-refractivity contribution in [2.75, 3.05) is 11.4 Å². The summed E-state index contributed by atoms with van der Waals surface area (Å²) in [5.41, 5.74) is -1.60. The zero-order chi connectivity index (χ0) is 19.6. The Morgan fingerprint density at radius 3 is 2.78 bits per heavy atom. The fourth-order valence-corrected chi connectivity index (χ4v) is 3.39. The first kappa shape index (κ1) is 17.3. The van der Waals surface area contributed by atoms with E-state index in [4.69, 9.17) is 4.42 Å². The zero-order valence-electron chi connectivity index (χ0n) is 14.3. The lowest BCUT2D eigenvalue weighted by Crippen LogP contribution is -2.33. The van der Waals surface area contributed by atoms with Gasteiger partial charge in [0.2, 0.25) is 5.71 Å². The van der Waals surface area contributed by atoms with Gasteiger partial charge in [0, 0.05) is 24.2 Å². The largest absolute Gasteiger partial charge is 0.434 e. The summed E-state index contributed by atoms with van der Waals surface area (Å²) in [5, 5.41) is -0.365. The molecule has 0 radical (unpaired) electrons. The number of halogens is 3. The summed E-state index contributed by atoms with van der Waals surface area (Å²) in [6, 6.07) is 4.86. The summed E-state index contributed by atoms with van der Waals surface area (Å²) < 4.78 is 44.9. The Bertz CT molecular complexity index is 1130. The quantitative estimate of drug-likeness (QED) is 0.704. The van der Waals surface area contributed by atoms with E-state index >= 15 is 0 Å². The summed E-state index contributed by atoms with van der Waals surface area (Å²) in [6.45, 7) is 4.14. The van der Waals surface area contributed by atoms with Gasteiger partial charge in [0.05, 0.1) is 22.3 Å². The van der Waals surface area contributed by atoms with Gasteiger partial charge in [-0.05, 0) is 18.2 Å². The van der Waals surface area contributed by atoms with Crippen molar-refractivity contribution in [3.05, 3.63) is 57.8 Å². The first-order valence-electron chi connectivity index (χ1n) is 8.09. The summed E-state index contributed by atoms with van der Waals surface area (Å²) >= 11 is 0. The number of aromatic nitrogens is 2. The van der Waals surface area contributed by atoms with Crippen LogP contribution in [0.3, 0.4) is 0 Å². The van der Waals surface area contributed by atoms with E-state index < -0.39 is 28.6 Å². The van der Waals surface area contributed by atoms with E-state index in [1.54, 1.807) is 18.3 Å². The highest BCUT2D eigenvalue weighted by Gasteiger charge is 2.41. The Labute approximate surface area is 150 Å². The van der Waals surface area contributed by atoms with Gasteiger partial charge in [0.15, 0.2) is 5.76 Å². The van der Waals surface area contributed by atoms with E-state index in [0.717, 1.165) is 11.8 Å². The molecule has 0 atom stereocenters. The number of H-pyrrole nitrogens is 1. The third-order valence-corrected chi connectivity index (χ3v) is 4.57. The number of nitrogens with zero attached hydrogens (tertiary/aromatic N) is 2. The number of fused-ring (bicyclic) bond motifs is 2. The van der Waals surface area contributed by atoms with E-state index in [-0.39, 0.29) is 16.9 Å². The standard InChI is InChI=1S/C18H14F3N3O3/c1-17(2)8-24(11-4-3-5-22-14(11)17)16(26)12-6-9-10(18(19,20)21)7-13(25)23-15(9)27-12/h3-7H,8H2,1-2H3,(H,23,25). The van der Waals surface area contributed by atoms with E-state index in [9.17, 15) is 22.8 Å². The van der Waals surface area contributed by atoms with Crippen molar-refractivity contribution in [1.82, 2.24) is 9.97 Å². The molecule has 0 aromatic carbocycles. The van der Waals surface area contributed by atoms with Crippen molar-refractivity contribution in [2.24, 2.45) is 0 Å². The fraction of sp³-hybridized carbons (Fsp3) is 0.278. The van der Waals surface area contributed by atoms with E-state index in [1.165, 1.54) is 4.90 Å². The van der Waals surface area contributed by atoms with Crippen molar-refractivity contribution < 1.29 is 22.4 Å². The lowest BCUT2D eigenvalue weighted by Gasteiger charge is -2.19. The van der Waals surface area contributed by atoms with Crippen LogP contribution in [0.2, 0.25) is 0 Å². The molecular formula is C18H14F3N3O3. The van der Waals surface area contributed by atoms with Crippen LogP contribution in [0.25, 0.3) is 11.1 Å². The molecule has 0 saturated carbocycles. The molecule has 140 valence electrons. The molecule has 4 heterocycles. The number of pyridine rings is 2. The smallest absolute Gasteiger partial charge is 0.417 e. The molecule has 9 heteroatoms. The summed E-state index contributed by atoms with van der Waals surface area (Å²) in [6.07, 6.45) is -3.13. The number of furan rings is 1. The van der Waals surface area contributed by atoms with Crippen LogP contribution in [0.4, 0.5) is 18.9 Å². The van der Waals surface area contributed by atoms with Crippen LogP contribution in [0, 0.1) is 0 Å². The van der Waals surface area contributed by atoms with E-state index in [0.29, 0.717) is 18.3 Å². The molecule has 1 N–H and O–H groups in total. The minimum Gasteiger partial charge on any atom is -0.434 e. The lowest BCUT2D eigenvalue weighted by atomic mass is 9.91. The lowest BCUT2D eigenvalue weighted by molar-refractivity contribution is -0.136. The first-order valence-corrected chi connectivity index (χ1v) is 8.09. The molecule has 0 spiro atoms. The second-order valence-electron chi connectivity index (χ2n) is 7.04. The summed E-state index contributed by atoms with van der Waals surface area (Å²) in [5.74, 6) is -0.884. The molecule has 6 nitrogen and oxygen atoms in total. The van der Waals surface area contributed by atoms with Crippen molar-refractivity contribution >= 4 is 22.7 Å². The van der Waals surface area contributed by atoms with Crippen molar-refractivity contribution in [1.29, 1.82) is 0 Å². The Morgan fingerprint density at radius 2 is 2.07 bits per heavy atom. The maximum Gasteiger partial charge on any atom is 0.417 e. The van der Waals surface area contributed by atoms with Gasteiger partial charge in [-0.2, -0.15) is 13.2 Å². The number of carbonyl (C=O) groups is 1. The third kappa shape index (κ3) is 2.70. The fourth-order valence-electron chi connectivity index (χ4n) is 3.39. The number of nitrogens with one attached hydrogen (secondary N) is 1. The van der Waals surface area contributed by atoms with Crippen molar-refractivity contribution in [3.63, 3.8) is 0 Å². The normalized spacial score (nSPS) is 16.0. The molecule has 0 unspecified atom stereocenters. The SMILES string of the molecule is CC1(C)CN(C(=O)c2cc3c(C(F)(F)F)cc(=O)[nH]c3o2)c2cccnc21. The molecule has 3 aromatic heterocycles. The van der Waals surface area contributed by atoms with Gasteiger partial charge in [-0.15, -0.1) is 0 Å². The average molecular weight is 377 g/mol. The van der Waals surface area contributed by atoms with Crippen molar-refractivity contribution in [2.45, 2.75) is 25.4 Å². The van der Waals surface area contributed by atoms with Gasteiger partial charge in [-0.3, -0.25) is 19.6 Å². The summed E-state index contributed by atoms with van der Waals surface area (Å²) in [7, 11) is 0. The molecule has 1 aliphatic rings. The van der Waals surface area contributed by atoms with Gasteiger partial charge in [-0.25, -0.2) is 0 Å². The monoisotopic (exact) mass is 377 g/mol. The molecule has 0 fully saturated rings. The summed E-state index contributed by atoms with van der Waals surface area (Å²) in [4.78, 5) is 32.4. The second kappa shape index (κ2) is 5.45. The van der Waals surface area contributed by atoms with Crippen LogP contribution >= 0.6 is 0 Å². The predicted octanol–water partition coefficient (Wildman–Crippen LogP) is 3.47. The van der Waals surface area contributed by atoms with Gasteiger partial charge in [0.1, 0.15) is 0 Å². The number of anilines is 1. The van der Waals surface area contributed by atoms with Crippen LogP contribution in [0.5, 0.6) is 0 Å². The van der Waals surface area contributed by atoms with E-state index in [2.05, 4.69) is 9.97 Å². The molecule has 0 saturated heterocycles. The van der Waals surface area contributed by atoms with Crippen LogP contribution in [-0.2, 0) is 11.6 Å². The highest BCUT2D eigenvalue weighted by atomic mass is 19.4. The average Bonchev–Trinajstić information content (AvgIpc) is 3.12. The molecule has 0 bridgehead atoms. The number of aromatic amines is 1. The Kier molecular flexibility index (Phi) is 3.49. The van der Waals surface area contributed by atoms with Crippen molar-refractivity contribution in [3.8, 4) is 0 Å². The first-order chi connectivity index (χ1) is 12.6. The maximum atomic E-state index is 13.2.